The summed E-state index contributed by atoms with van der Waals surface area (Å²) in [5, 5.41) is 9.61. The maximum atomic E-state index is 13.1. The van der Waals surface area contributed by atoms with E-state index in [9.17, 15) is 9.90 Å². The Morgan fingerprint density at radius 2 is 1.93 bits per heavy atom. The number of ketones is 1. The Hall–Kier alpha value is -2.95. The number of ether oxygens (including phenoxy) is 3. The summed E-state index contributed by atoms with van der Waals surface area (Å²) in [6.45, 7) is 4.28. The minimum absolute atomic E-state index is 0.0483. The summed E-state index contributed by atoms with van der Waals surface area (Å²) in [7, 11) is 3.20. The van der Waals surface area contributed by atoms with Crippen LogP contribution in [0.3, 0.4) is 0 Å². The average molecular weight is 368 g/mol. The topological polar surface area (TPSA) is 65.0 Å². The molecule has 27 heavy (non-hydrogen) atoms. The quantitative estimate of drug-likeness (QED) is 0.798. The van der Waals surface area contributed by atoms with Crippen molar-refractivity contribution in [2.75, 3.05) is 20.8 Å². The Labute approximate surface area is 159 Å². The predicted octanol–water partition coefficient (Wildman–Crippen LogP) is 4.28. The second-order valence-electron chi connectivity index (χ2n) is 6.80. The fraction of sp³-hybridized carbons (Fsp3) is 0.318. The van der Waals surface area contributed by atoms with E-state index in [0.29, 0.717) is 23.5 Å². The Balaban J connectivity index is 2.04. The van der Waals surface area contributed by atoms with Crippen molar-refractivity contribution in [3.05, 3.63) is 58.7 Å². The smallest absolute Gasteiger partial charge is 0.177 e. The first kappa shape index (κ1) is 18.8. The zero-order valence-corrected chi connectivity index (χ0v) is 16.0. The number of hydrogen-bond donors (Lipinski definition) is 1. The van der Waals surface area contributed by atoms with Gasteiger partial charge in [-0.25, -0.2) is 0 Å². The van der Waals surface area contributed by atoms with Gasteiger partial charge in [-0.3, -0.25) is 4.79 Å². The molecule has 0 amide bonds. The molecule has 1 aliphatic heterocycles. The number of aromatic hydroxyl groups is 1. The summed E-state index contributed by atoms with van der Waals surface area (Å²) in [6, 6.07) is 8.35. The van der Waals surface area contributed by atoms with Gasteiger partial charge in [-0.15, -0.1) is 0 Å². The van der Waals surface area contributed by atoms with E-state index in [4.69, 9.17) is 14.2 Å². The Morgan fingerprint density at radius 3 is 2.59 bits per heavy atom. The summed E-state index contributed by atoms with van der Waals surface area (Å²) >= 11 is 0. The lowest BCUT2D eigenvalue weighted by atomic mass is 9.87. The molecule has 0 spiro atoms. The molecule has 0 saturated carbocycles. The van der Waals surface area contributed by atoms with Gasteiger partial charge in [0.05, 0.1) is 25.7 Å². The molecule has 0 bridgehead atoms. The maximum Gasteiger partial charge on any atom is 0.177 e. The monoisotopic (exact) mass is 368 g/mol. The molecule has 0 radical (unpaired) electrons. The molecule has 3 rings (SSSR count). The molecule has 142 valence electrons. The van der Waals surface area contributed by atoms with Gasteiger partial charge in [-0.05, 0) is 44.0 Å². The second-order valence-corrected chi connectivity index (χ2v) is 6.80. The van der Waals surface area contributed by atoms with E-state index in [1.165, 1.54) is 17.7 Å². The molecule has 0 aromatic heterocycles. The highest BCUT2D eigenvalue weighted by molar-refractivity contribution is 6.04. The number of phenolic OH excluding ortho intramolecular Hbond substituents is 1. The number of hydrogen-bond acceptors (Lipinski definition) is 5. The minimum atomic E-state index is -0.478. The van der Waals surface area contributed by atoms with Crippen LogP contribution in [0, 0.1) is 0 Å². The number of methoxy groups -OCH3 is 2. The maximum absolute atomic E-state index is 13.1. The van der Waals surface area contributed by atoms with E-state index < -0.39 is 5.92 Å². The third-order valence-electron chi connectivity index (χ3n) is 4.69. The van der Waals surface area contributed by atoms with Crippen LogP contribution in [-0.2, 0) is 6.42 Å². The van der Waals surface area contributed by atoms with Gasteiger partial charge in [-0.2, -0.15) is 0 Å². The highest BCUT2D eigenvalue weighted by Crippen LogP contribution is 2.40. The van der Waals surface area contributed by atoms with Crippen LogP contribution >= 0.6 is 0 Å². The van der Waals surface area contributed by atoms with Gasteiger partial charge in [0.2, 0.25) is 0 Å². The van der Waals surface area contributed by atoms with Gasteiger partial charge in [0.25, 0.3) is 0 Å². The molecular weight excluding hydrogens is 344 g/mol. The van der Waals surface area contributed by atoms with Gasteiger partial charge >= 0.3 is 0 Å². The molecule has 1 aliphatic rings. The van der Waals surface area contributed by atoms with Crippen LogP contribution in [0.15, 0.2) is 42.0 Å². The number of benzene rings is 2. The van der Waals surface area contributed by atoms with Crippen LogP contribution in [0.1, 0.15) is 41.3 Å². The molecule has 1 heterocycles. The number of phenols is 1. The number of allylic oxidation sites excluding steroid dienone is 2. The number of rotatable bonds is 5. The summed E-state index contributed by atoms with van der Waals surface area (Å²) in [6.07, 6.45) is 2.82. The van der Waals surface area contributed by atoms with Crippen LogP contribution in [0.5, 0.6) is 23.0 Å². The largest absolute Gasteiger partial charge is 0.508 e. The molecule has 5 heteroatoms. The highest BCUT2D eigenvalue weighted by atomic mass is 16.5. The predicted molar refractivity (Wildman–Crippen MR) is 103 cm³/mol. The van der Waals surface area contributed by atoms with Gasteiger partial charge in [0.15, 0.2) is 5.78 Å². The first-order valence-corrected chi connectivity index (χ1v) is 8.82. The Bertz CT molecular complexity index is 894. The summed E-state index contributed by atoms with van der Waals surface area (Å²) in [4.78, 5) is 13.1. The fourth-order valence-electron chi connectivity index (χ4n) is 3.24. The molecule has 1 unspecified atom stereocenters. The summed E-state index contributed by atoms with van der Waals surface area (Å²) in [5.74, 6) is 1.28. The first-order valence-electron chi connectivity index (χ1n) is 8.82. The number of fused-ring (bicyclic) bond motifs is 1. The van der Waals surface area contributed by atoms with Gasteiger partial charge in [0.1, 0.15) is 29.6 Å². The van der Waals surface area contributed by atoms with E-state index in [1.54, 1.807) is 20.3 Å². The third kappa shape index (κ3) is 3.77. The lowest BCUT2D eigenvalue weighted by molar-refractivity contribution is 0.0894. The van der Waals surface area contributed by atoms with E-state index >= 15 is 0 Å². The molecule has 0 aliphatic carbocycles. The second kappa shape index (κ2) is 7.74. The van der Waals surface area contributed by atoms with Crippen LogP contribution in [0.2, 0.25) is 0 Å². The van der Waals surface area contributed by atoms with Crippen molar-refractivity contribution in [1.82, 2.24) is 0 Å². The van der Waals surface area contributed by atoms with E-state index in [2.05, 4.69) is 6.08 Å². The molecule has 1 N–H and O–H groups in total. The van der Waals surface area contributed by atoms with Crippen LogP contribution in [0.25, 0.3) is 0 Å². The SMILES string of the molecule is COc1cc(OC)c(C2COc3cc(O)ccc3C2=O)cc1CC=C(C)C. The first-order chi connectivity index (χ1) is 12.9. The van der Waals surface area contributed by atoms with Crippen molar-refractivity contribution in [1.29, 1.82) is 0 Å². The lowest BCUT2D eigenvalue weighted by Crippen LogP contribution is -2.26. The number of carbonyl (C=O) groups is 1. The van der Waals surface area contributed by atoms with Crippen LogP contribution in [-0.4, -0.2) is 31.7 Å². The normalized spacial score (nSPS) is 15.6. The molecule has 0 fully saturated rings. The van der Waals surface area contributed by atoms with Crippen molar-refractivity contribution in [2.24, 2.45) is 0 Å². The molecule has 5 nitrogen and oxygen atoms in total. The number of Topliss-reactive ketones (excluding diaryl/α,β-unsaturated/α-hetero) is 1. The van der Waals surface area contributed by atoms with Crippen molar-refractivity contribution in [2.45, 2.75) is 26.2 Å². The van der Waals surface area contributed by atoms with E-state index in [1.807, 2.05) is 26.0 Å². The average Bonchev–Trinajstić information content (AvgIpc) is 2.65. The molecule has 1 atom stereocenters. The Kier molecular flexibility index (Phi) is 5.40. The molecule has 2 aromatic rings. The van der Waals surface area contributed by atoms with Gasteiger partial charge in [-0.1, -0.05) is 11.6 Å². The molecule has 0 saturated heterocycles. The zero-order valence-electron chi connectivity index (χ0n) is 16.0. The zero-order chi connectivity index (χ0) is 19.6. The summed E-state index contributed by atoms with van der Waals surface area (Å²) in [5.41, 5.74) is 3.44. The van der Waals surface area contributed by atoms with Crippen LogP contribution in [0.4, 0.5) is 0 Å². The molecular formula is C22H24O5. The lowest BCUT2D eigenvalue weighted by Gasteiger charge is -2.26. The van der Waals surface area contributed by atoms with Gasteiger partial charge in [0, 0.05) is 17.7 Å². The number of carbonyl (C=O) groups excluding carboxylic acids is 1. The van der Waals surface area contributed by atoms with Crippen molar-refractivity contribution in [3.63, 3.8) is 0 Å². The molecule has 2 aromatic carbocycles. The minimum Gasteiger partial charge on any atom is -0.508 e. The van der Waals surface area contributed by atoms with Crippen molar-refractivity contribution >= 4 is 5.78 Å². The van der Waals surface area contributed by atoms with Crippen molar-refractivity contribution < 1.29 is 24.1 Å². The Morgan fingerprint density at radius 1 is 1.19 bits per heavy atom. The third-order valence-corrected chi connectivity index (χ3v) is 4.69. The van der Waals surface area contributed by atoms with Crippen LogP contribution < -0.4 is 14.2 Å². The van der Waals surface area contributed by atoms with E-state index in [-0.39, 0.29) is 18.1 Å². The summed E-state index contributed by atoms with van der Waals surface area (Å²) < 4.78 is 16.8. The van der Waals surface area contributed by atoms with Crippen molar-refractivity contribution in [3.8, 4) is 23.0 Å². The fourth-order valence-corrected chi connectivity index (χ4v) is 3.24. The highest BCUT2D eigenvalue weighted by Gasteiger charge is 2.33. The standard InChI is InChI=1S/C22H24O5/c1-13(2)5-6-14-9-17(20(26-4)11-19(14)25-3)18-12-27-21-10-15(23)7-8-16(21)22(18)24/h5,7-11,18,23H,6,12H2,1-4H3. The van der Waals surface area contributed by atoms with E-state index in [0.717, 1.165) is 16.9 Å². The van der Waals surface area contributed by atoms with Gasteiger partial charge < -0.3 is 19.3 Å².